The molecule has 4 nitrogen and oxygen atoms in total. The number of thiazole rings is 1. The third kappa shape index (κ3) is 2.90. The standard InChI is InChI=1S/C11H16N4S/c1-3-12-4-10-5-15(8-13-10)6-11-7-16-9(2)14-11/h5,7-8,12H,3-4,6H2,1-2H3. The molecule has 2 aromatic rings. The van der Waals surface area contributed by atoms with E-state index in [0.29, 0.717) is 0 Å². The minimum absolute atomic E-state index is 0.809. The van der Waals surface area contributed by atoms with Gasteiger partial charge >= 0.3 is 0 Å². The first-order valence-electron chi connectivity index (χ1n) is 5.40. The van der Waals surface area contributed by atoms with E-state index in [1.165, 1.54) is 0 Å². The molecule has 0 aliphatic carbocycles. The van der Waals surface area contributed by atoms with Gasteiger partial charge < -0.3 is 9.88 Å². The van der Waals surface area contributed by atoms with Gasteiger partial charge in [-0.05, 0) is 13.5 Å². The normalized spacial score (nSPS) is 10.9. The summed E-state index contributed by atoms with van der Waals surface area (Å²) in [5.74, 6) is 0. The molecule has 5 heteroatoms. The molecule has 0 amide bonds. The molecular formula is C11H16N4S. The van der Waals surface area contributed by atoms with Gasteiger partial charge in [-0.15, -0.1) is 11.3 Å². The van der Waals surface area contributed by atoms with E-state index < -0.39 is 0 Å². The summed E-state index contributed by atoms with van der Waals surface area (Å²) in [7, 11) is 0. The zero-order valence-corrected chi connectivity index (χ0v) is 10.4. The van der Waals surface area contributed by atoms with Crippen LogP contribution in [-0.4, -0.2) is 21.1 Å². The lowest BCUT2D eigenvalue weighted by Crippen LogP contribution is -2.11. The van der Waals surface area contributed by atoms with Crippen LogP contribution in [0.3, 0.4) is 0 Å². The molecule has 0 spiro atoms. The molecule has 2 rings (SSSR count). The van der Waals surface area contributed by atoms with Gasteiger partial charge in [0, 0.05) is 18.1 Å². The molecule has 0 saturated carbocycles. The molecule has 0 unspecified atom stereocenters. The second-order valence-corrected chi connectivity index (χ2v) is 4.74. The van der Waals surface area contributed by atoms with E-state index in [4.69, 9.17) is 0 Å². The molecule has 0 atom stereocenters. The Morgan fingerprint density at radius 3 is 3.00 bits per heavy atom. The molecule has 0 aliphatic rings. The zero-order valence-electron chi connectivity index (χ0n) is 9.60. The van der Waals surface area contributed by atoms with Gasteiger partial charge in [-0.3, -0.25) is 0 Å². The fourth-order valence-corrected chi connectivity index (χ4v) is 2.11. The summed E-state index contributed by atoms with van der Waals surface area (Å²) in [6, 6.07) is 0. The SMILES string of the molecule is CCNCc1cn(Cc2csc(C)n2)cn1. The molecule has 0 saturated heterocycles. The number of aromatic nitrogens is 3. The molecule has 0 aromatic carbocycles. The van der Waals surface area contributed by atoms with Crippen LogP contribution in [0.1, 0.15) is 23.3 Å². The van der Waals surface area contributed by atoms with Crippen LogP contribution in [0, 0.1) is 6.92 Å². The van der Waals surface area contributed by atoms with Crippen molar-refractivity contribution in [2.75, 3.05) is 6.54 Å². The van der Waals surface area contributed by atoms with Crippen molar-refractivity contribution >= 4 is 11.3 Å². The average molecular weight is 236 g/mol. The minimum atomic E-state index is 0.809. The van der Waals surface area contributed by atoms with Crippen molar-refractivity contribution in [2.45, 2.75) is 26.9 Å². The Labute approximate surface area is 99.4 Å². The number of hydrogen-bond acceptors (Lipinski definition) is 4. The van der Waals surface area contributed by atoms with Crippen molar-refractivity contribution in [3.63, 3.8) is 0 Å². The smallest absolute Gasteiger partial charge is 0.0953 e. The first-order valence-corrected chi connectivity index (χ1v) is 6.28. The maximum absolute atomic E-state index is 4.43. The topological polar surface area (TPSA) is 42.7 Å². The van der Waals surface area contributed by atoms with Gasteiger partial charge in [0.05, 0.1) is 29.3 Å². The molecule has 0 aliphatic heterocycles. The Kier molecular flexibility index (Phi) is 3.69. The highest BCUT2D eigenvalue weighted by atomic mass is 32.1. The van der Waals surface area contributed by atoms with E-state index in [2.05, 4.69) is 38.4 Å². The predicted octanol–water partition coefficient (Wildman–Crippen LogP) is 1.81. The van der Waals surface area contributed by atoms with Crippen LogP contribution in [0.15, 0.2) is 17.9 Å². The van der Waals surface area contributed by atoms with Crippen LogP contribution in [-0.2, 0) is 13.1 Å². The average Bonchev–Trinajstić information content (AvgIpc) is 2.86. The van der Waals surface area contributed by atoms with Crippen molar-refractivity contribution in [3.05, 3.63) is 34.3 Å². The fraction of sp³-hybridized carbons (Fsp3) is 0.455. The molecule has 0 radical (unpaired) electrons. The van der Waals surface area contributed by atoms with Crippen LogP contribution < -0.4 is 5.32 Å². The number of nitrogens with zero attached hydrogens (tertiary/aromatic N) is 3. The Bertz CT molecular complexity index is 446. The first-order chi connectivity index (χ1) is 7.78. The van der Waals surface area contributed by atoms with Crippen molar-refractivity contribution < 1.29 is 0 Å². The molecule has 0 fully saturated rings. The number of imidazole rings is 1. The minimum Gasteiger partial charge on any atom is -0.331 e. The molecule has 0 bridgehead atoms. The molecule has 86 valence electrons. The second-order valence-electron chi connectivity index (χ2n) is 3.68. The summed E-state index contributed by atoms with van der Waals surface area (Å²) in [5, 5.41) is 6.47. The van der Waals surface area contributed by atoms with Crippen molar-refractivity contribution in [1.82, 2.24) is 19.9 Å². The third-order valence-corrected chi connectivity index (χ3v) is 3.08. The third-order valence-electron chi connectivity index (χ3n) is 2.25. The molecule has 1 N–H and O–H groups in total. The molecule has 2 aromatic heterocycles. The Balaban J connectivity index is 1.97. The van der Waals surface area contributed by atoms with Gasteiger partial charge in [0.2, 0.25) is 0 Å². The van der Waals surface area contributed by atoms with Crippen LogP contribution >= 0.6 is 11.3 Å². The highest BCUT2D eigenvalue weighted by Crippen LogP contribution is 2.09. The summed E-state index contributed by atoms with van der Waals surface area (Å²) in [6.07, 6.45) is 3.93. The predicted molar refractivity (Wildman–Crippen MR) is 65.6 cm³/mol. The summed E-state index contributed by atoms with van der Waals surface area (Å²) < 4.78 is 2.07. The van der Waals surface area contributed by atoms with Crippen LogP contribution in [0.5, 0.6) is 0 Å². The van der Waals surface area contributed by atoms with Crippen molar-refractivity contribution in [3.8, 4) is 0 Å². The van der Waals surface area contributed by atoms with Crippen LogP contribution in [0.2, 0.25) is 0 Å². The molecule has 16 heavy (non-hydrogen) atoms. The first kappa shape index (κ1) is 11.3. The van der Waals surface area contributed by atoms with Crippen molar-refractivity contribution in [2.24, 2.45) is 0 Å². The van der Waals surface area contributed by atoms with Gasteiger partial charge in [0.1, 0.15) is 0 Å². The Morgan fingerprint density at radius 2 is 2.31 bits per heavy atom. The van der Waals surface area contributed by atoms with Crippen molar-refractivity contribution in [1.29, 1.82) is 0 Å². The van der Waals surface area contributed by atoms with Gasteiger partial charge in [0.25, 0.3) is 0 Å². The molecular weight excluding hydrogens is 220 g/mol. The summed E-state index contributed by atoms with van der Waals surface area (Å²) in [5.41, 5.74) is 2.18. The number of nitrogens with one attached hydrogen (secondary N) is 1. The highest BCUT2D eigenvalue weighted by molar-refractivity contribution is 7.09. The maximum atomic E-state index is 4.43. The lowest BCUT2D eigenvalue weighted by molar-refractivity contribution is 0.711. The van der Waals surface area contributed by atoms with Gasteiger partial charge in [-0.1, -0.05) is 6.92 Å². The van der Waals surface area contributed by atoms with E-state index in [-0.39, 0.29) is 0 Å². The fourth-order valence-electron chi connectivity index (χ4n) is 1.51. The lowest BCUT2D eigenvalue weighted by Gasteiger charge is -1.98. The Morgan fingerprint density at radius 1 is 1.44 bits per heavy atom. The molecule has 2 heterocycles. The van der Waals surface area contributed by atoms with Gasteiger partial charge in [0.15, 0.2) is 0 Å². The van der Waals surface area contributed by atoms with E-state index >= 15 is 0 Å². The number of aryl methyl sites for hydroxylation is 1. The van der Waals surface area contributed by atoms with Gasteiger partial charge in [-0.25, -0.2) is 9.97 Å². The summed E-state index contributed by atoms with van der Waals surface area (Å²) in [6.45, 7) is 6.73. The maximum Gasteiger partial charge on any atom is 0.0953 e. The number of hydrogen-bond donors (Lipinski definition) is 1. The van der Waals surface area contributed by atoms with E-state index in [1.807, 2.05) is 13.3 Å². The second kappa shape index (κ2) is 5.23. The largest absolute Gasteiger partial charge is 0.331 e. The highest BCUT2D eigenvalue weighted by Gasteiger charge is 2.01. The summed E-state index contributed by atoms with van der Waals surface area (Å²) >= 11 is 1.69. The lowest BCUT2D eigenvalue weighted by atomic mass is 10.4. The quantitative estimate of drug-likeness (QED) is 0.861. The van der Waals surface area contributed by atoms with E-state index in [9.17, 15) is 0 Å². The van der Waals surface area contributed by atoms with Crippen LogP contribution in [0.4, 0.5) is 0 Å². The van der Waals surface area contributed by atoms with Crippen LogP contribution in [0.25, 0.3) is 0 Å². The number of rotatable bonds is 5. The zero-order chi connectivity index (χ0) is 11.4. The van der Waals surface area contributed by atoms with E-state index in [0.717, 1.165) is 36.0 Å². The monoisotopic (exact) mass is 236 g/mol. The van der Waals surface area contributed by atoms with E-state index in [1.54, 1.807) is 11.3 Å². The summed E-state index contributed by atoms with van der Waals surface area (Å²) in [4.78, 5) is 8.76. The van der Waals surface area contributed by atoms with Gasteiger partial charge in [-0.2, -0.15) is 0 Å². The Hall–Kier alpha value is -1.20.